The zero-order chi connectivity index (χ0) is 11.7. The lowest BCUT2D eigenvalue weighted by Gasteiger charge is -2.35. The van der Waals surface area contributed by atoms with Crippen molar-refractivity contribution in [3.63, 3.8) is 0 Å². The number of carbonyl (C=O) groups is 3. The van der Waals surface area contributed by atoms with E-state index in [9.17, 15) is 14.4 Å². The average Bonchev–Trinajstić information content (AvgIpc) is 2.53. The summed E-state index contributed by atoms with van der Waals surface area (Å²) in [5.74, 6) is -1.13. The summed E-state index contributed by atoms with van der Waals surface area (Å²) in [7, 11) is 0. The van der Waals surface area contributed by atoms with E-state index in [1.165, 1.54) is 0 Å². The Balaban J connectivity index is 2.19. The van der Waals surface area contributed by atoms with Gasteiger partial charge in [0.25, 0.3) is 0 Å². The monoisotopic (exact) mass is 224 g/mol. The Bertz CT molecular complexity index is 340. The highest BCUT2D eigenvalue weighted by Crippen LogP contribution is 2.31. The summed E-state index contributed by atoms with van der Waals surface area (Å²) in [6.45, 7) is 2.06. The van der Waals surface area contributed by atoms with E-state index in [2.05, 4.69) is 12.2 Å². The molecule has 2 aliphatic rings. The van der Waals surface area contributed by atoms with Gasteiger partial charge in [0.1, 0.15) is 0 Å². The maximum Gasteiger partial charge on any atom is 0.331 e. The van der Waals surface area contributed by atoms with Crippen LogP contribution >= 0.6 is 0 Å². The molecule has 1 saturated carbocycles. The number of urea groups is 1. The van der Waals surface area contributed by atoms with Crippen LogP contribution < -0.4 is 5.32 Å². The largest absolute Gasteiger partial charge is 0.331 e. The molecule has 2 unspecified atom stereocenters. The van der Waals surface area contributed by atoms with Crippen molar-refractivity contribution in [3.8, 4) is 0 Å². The maximum atomic E-state index is 11.6. The number of imide groups is 2. The Morgan fingerprint density at radius 1 is 1.25 bits per heavy atom. The molecule has 0 spiro atoms. The summed E-state index contributed by atoms with van der Waals surface area (Å²) in [6, 6.07) is -0.627. The van der Waals surface area contributed by atoms with E-state index in [0.717, 1.165) is 37.0 Å². The second-order valence-corrected chi connectivity index (χ2v) is 4.45. The average molecular weight is 224 g/mol. The van der Waals surface area contributed by atoms with Crippen molar-refractivity contribution in [2.75, 3.05) is 0 Å². The molecule has 0 radical (unpaired) electrons. The van der Waals surface area contributed by atoms with E-state index in [4.69, 9.17) is 0 Å². The second kappa shape index (κ2) is 4.23. The van der Waals surface area contributed by atoms with E-state index in [1.807, 2.05) is 0 Å². The molecule has 88 valence electrons. The molecule has 4 amide bonds. The van der Waals surface area contributed by atoms with Crippen LogP contribution in [0, 0.1) is 5.92 Å². The number of rotatable bonds is 2. The van der Waals surface area contributed by atoms with Crippen LogP contribution in [0.3, 0.4) is 0 Å². The van der Waals surface area contributed by atoms with Gasteiger partial charge in [-0.05, 0) is 18.8 Å². The van der Waals surface area contributed by atoms with Gasteiger partial charge in [-0.3, -0.25) is 19.8 Å². The third kappa shape index (κ3) is 1.70. The summed E-state index contributed by atoms with van der Waals surface area (Å²) in [6.07, 6.45) is 4.96. The molecule has 2 rings (SSSR count). The first-order valence-electron chi connectivity index (χ1n) is 5.83. The first-order valence-corrected chi connectivity index (χ1v) is 5.83. The minimum atomic E-state index is -0.787. The standard InChI is InChI=1S/C11H16N2O3/c1-2-7-5-3-4-6-8(7)13-10(15)9(14)12-11(13)16/h7-8H,2-6H2,1H3,(H,12,14,16). The molecular weight excluding hydrogens is 208 g/mol. The van der Waals surface area contributed by atoms with Gasteiger partial charge in [-0.25, -0.2) is 4.79 Å². The van der Waals surface area contributed by atoms with Crippen molar-refractivity contribution < 1.29 is 14.4 Å². The maximum absolute atomic E-state index is 11.6. The van der Waals surface area contributed by atoms with Crippen molar-refractivity contribution in [2.45, 2.75) is 45.1 Å². The van der Waals surface area contributed by atoms with Gasteiger partial charge in [-0.2, -0.15) is 0 Å². The highest BCUT2D eigenvalue weighted by molar-refractivity contribution is 6.44. The van der Waals surface area contributed by atoms with Crippen molar-refractivity contribution in [3.05, 3.63) is 0 Å². The van der Waals surface area contributed by atoms with Crippen LogP contribution in [0.15, 0.2) is 0 Å². The number of hydrogen-bond donors (Lipinski definition) is 1. The highest BCUT2D eigenvalue weighted by Gasteiger charge is 2.44. The molecule has 5 nitrogen and oxygen atoms in total. The van der Waals surface area contributed by atoms with Crippen LogP contribution in [-0.2, 0) is 9.59 Å². The molecule has 1 saturated heterocycles. The Hall–Kier alpha value is -1.39. The van der Waals surface area contributed by atoms with Gasteiger partial charge >= 0.3 is 17.8 Å². The molecule has 0 aromatic carbocycles. The van der Waals surface area contributed by atoms with E-state index in [0.29, 0.717) is 5.92 Å². The number of hydrogen-bond acceptors (Lipinski definition) is 3. The lowest BCUT2D eigenvalue weighted by Crippen LogP contribution is -2.46. The predicted octanol–water partition coefficient (Wildman–Crippen LogP) is 1.03. The topological polar surface area (TPSA) is 66.5 Å². The Labute approximate surface area is 94.2 Å². The van der Waals surface area contributed by atoms with Gasteiger partial charge in [-0.1, -0.05) is 26.2 Å². The Morgan fingerprint density at radius 2 is 1.94 bits per heavy atom. The molecule has 1 aliphatic heterocycles. The molecule has 2 atom stereocenters. The predicted molar refractivity (Wildman–Crippen MR) is 56.4 cm³/mol. The molecule has 0 aromatic rings. The van der Waals surface area contributed by atoms with Gasteiger partial charge in [0.05, 0.1) is 0 Å². The number of nitrogens with zero attached hydrogens (tertiary/aromatic N) is 1. The SMILES string of the molecule is CCC1CCCCC1N1C(=O)NC(=O)C1=O. The van der Waals surface area contributed by atoms with Gasteiger partial charge in [-0.15, -0.1) is 0 Å². The van der Waals surface area contributed by atoms with Crippen molar-refractivity contribution >= 4 is 17.8 Å². The molecular formula is C11H16N2O3. The zero-order valence-corrected chi connectivity index (χ0v) is 9.36. The molecule has 5 heteroatoms. The van der Waals surface area contributed by atoms with Crippen molar-refractivity contribution in [2.24, 2.45) is 5.92 Å². The number of amides is 4. The summed E-state index contributed by atoms with van der Waals surface area (Å²) in [5, 5.41) is 2.06. The Morgan fingerprint density at radius 3 is 2.50 bits per heavy atom. The second-order valence-electron chi connectivity index (χ2n) is 4.45. The third-order valence-corrected chi connectivity index (χ3v) is 3.58. The van der Waals surface area contributed by atoms with E-state index in [1.54, 1.807) is 0 Å². The van der Waals surface area contributed by atoms with Gasteiger partial charge in [0.2, 0.25) is 0 Å². The van der Waals surface area contributed by atoms with Crippen LogP contribution in [0.25, 0.3) is 0 Å². The lowest BCUT2D eigenvalue weighted by molar-refractivity contribution is -0.141. The molecule has 1 aliphatic carbocycles. The summed E-state index contributed by atoms with van der Waals surface area (Å²) in [4.78, 5) is 35.3. The molecule has 0 bridgehead atoms. The highest BCUT2D eigenvalue weighted by atomic mass is 16.2. The molecule has 16 heavy (non-hydrogen) atoms. The fourth-order valence-corrected chi connectivity index (χ4v) is 2.72. The fourth-order valence-electron chi connectivity index (χ4n) is 2.72. The van der Waals surface area contributed by atoms with Gasteiger partial charge in [0.15, 0.2) is 0 Å². The first kappa shape index (κ1) is 11.1. The summed E-state index contributed by atoms with van der Waals surface area (Å²) < 4.78 is 0. The van der Waals surface area contributed by atoms with Crippen molar-refractivity contribution in [1.82, 2.24) is 10.2 Å². The summed E-state index contributed by atoms with van der Waals surface area (Å²) >= 11 is 0. The Kier molecular flexibility index (Phi) is 2.94. The summed E-state index contributed by atoms with van der Waals surface area (Å²) in [5.41, 5.74) is 0. The molecule has 1 N–H and O–H groups in total. The van der Waals surface area contributed by atoms with Crippen LogP contribution in [0.1, 0.15) is 39.0 Å². The third-order valence-electron chi connectivity index (χ3n) is 3.58. The first-order chi connectivity index (χ1) is 7.65. The minimum Gasteiger partial charge on any atom is -0.269 e. The van der Waals surface area contributed by atoms with Gasteiger partial charge < -0.3 is 0 Å². The molecule has 2 fully saturated rings. The fraction of sp³-hybridized carbons (Fsp3) is 0.727. The van der Waals surface area contributed by atoms with Crippen LogP contribution in [0.5, 0.6) is 0 Å². The minimum absolute atomic E-state index is 0.0855. The van der Waals surface area contributed by atoms with E-state index in [-0.39, 0.29) is 6.04 Å². The van der Waals surface area contributed by atoms with E-state index < -0.39 is 17.8 Å². The smallest absolute Gasteiger partial charge is 0.269 e. The quantitative estimate of drug-likeness (QED) is 0.562. The normalized spacial score (nSPS) is 30.8. The van der Waals surface area contributed by atoms with Crippen LogP contribution in [0.2, 0.25) is 0 Å². The van der Waals surface area contributed by atoms with Crippen LogP contribution in [0.4, 0.5) is 4.79 Å². The van der Waals surface area contributed by atoms with E-state index >= 15 is 0 Å². The van der Waals surface area contributed by atoms with Crippen LogP contribution in [-0.4, -0.2) is 28.8 Å². The number of carbonyl (C=O) groups excluding carboxylic acids is 3. The molecule has 1 heterocycles. The zero-order valence-electron chi connectivity index (χ0n) is 9.36. The van der Waals surface area contributed by atoms with Crippen molar-refractivity contribution in [1.29, 1.82) is 0 Å². The lowest BCUT2D eigenvalue weighted by atomic mass is 9.82. The number of nitrogens with one attached hydrogen (secondary N) is 1. The van der Waals surface area contributed by atoms with Gasteiger partial charge in [0, 0.05) is 6.04 Å². The molecule has 0 aromatic heterocycles.